The number of imide groups is 1. The summed E-state index contributed by atoms with van der Waals surface area (Å²) < 4.78 is 0. The Kier molecular flexibility index (Phi) is 4.32. The van der Waals surface area contributed by atoms with Gasteiger partial charge in [-0.2, -0.15) is 0 Å². The fraction of sp³-hybridized carbons (Fsp3) is 0.500. The fourth-order valence-electron chi connectivity index (χ4n) is 2.46. The van der Waals surface area contributed by atoms with Crippen LogP contribution in [-0.2, 0) is 11.2 Å². The smallest absolute Gasteiger partial charge is 0.323 e. The number of hydrogen-bond acceptors (Lipinski definition) is 3. The summed E-state index contributed by atoms with van der Waals surface area (Å²) in [5.41, 5.74) is 7.51. The molecule has 1 fully saturated rings. The Labute approximate surface area is 125 Å². The second-order valence-electron chi connectivity index (χ2n) is 5.73. The van der Waals surface area contributed by atoms with Crippen LogP contribution in [0.4, 0.5) is 4.79 Å². The van der Waals surface area contributed by atoms with E-state index in [1.54, 1.807) is 6.92 Å². The number of nitrogens with two attached hydrogens (primary N) is 1. The molecule has 21 heavy (non-hydrogen) atoms. The van der Waals surface area contributed by atoms with Gasteiger partial charge in [0, 0.05) is 12.6 Å². The lowest BCUT2D eigenvalue weighted by Crippen LogP contribution is -2.43. The third kappa shape index (κ3) is 2.93. The highest BCUT2D eigenvalue weighted by atomic mass is 16.2. The first-order chi connectivity index (χ1) is 9.91. The molecule has 1 aliphatic rings. The van der Waals surface area contributed by atoms with E-state index >= 15 is 0 Å². The molecule has 0 saturated carbocycles. The molecule has 2 atom stereocenters. The van der Waals surface area contributed by atoms with Gasteiger partial charge in [-0.1, -0.05) is 38.1 Å². The van der Waals surface area contributed by atoms with Crippen molar-refractivity contribution in [2.45, 2.75) is 45.2 Å². The summed E-state index contributed by atoms with van der Waals surface area (Å²) in [5.74, 6) is -0.198. The molecule has 1 aromatic rings. The molecule has 0 aromatic heterocycles. The first-order valence-electron chi connectivity index (χ1n) is 7.39. The van der Waals surface area contributed by atoms with Crippen molar-refractivity contribution in [2.24, 2.45) is 5.73 Å². The van der Waals surface area contributed by atoms with Gasteiger partial charge in [-0.3, -0.25) is 9.69 Å². The summed E-state index contributed by atoms with van der Waals surface area (Å²) in [6.07, 6.45) is 1.53. The van der Waals surface area contributed by atoms with E-state index in [2.05, 4.69) is 12.2 Å². The minimum Gasteiger partial charge on any atom is -0.323 e. The zero-order valence-electron chi connectivity index (χ0n) is 12.8. The highest BCUT2D eigenvalue weighted by molar-refractivity contribution is 6.06. The normalized spacial score (nSPS) is 23.3. The maximum atomic E-state index is 12.3. The van der Waals surface area contributed by atoms with Crippen LogP contribution in [0.5, 0.6) is 0 Å². The average Bonchev–Trinajstić information content (AvgIpc) is 2.71. The first-order valence-corrected chi connectivity index (χ1v) is 7.39. The van der Waals surface area contributed by atoms with Crippen molar-refractivity contribution in [3.63, 3.8) is 0 Å². The molecule has 3 amide bonds. The molecule has 1 aromatic carbocycles. The number of nitrogens with one attached hydrogen (secondary N) is 1. The quantitative estimate of drug-likeness (QED) is 0.814. The van der Waals surface area contributed by atoms with Gasteiger partial charge in [-0.25, -0.2) is 4.79 Å². The number of carbonyl (C=O) groups is 2. The van der Waals surface area contributed by atoms with Crippen LogP contribution in [-0.4, -0.2) is 28.9 Å². The largest absolute Gasteiger partial charge is 0.325 e. The summed E-state index contributed by atoms with van der Waals surface area (Å²) in [6.45, 7) is 5.92. The van der Waals surface area contributed by atoms with Crippen molar-refractivity contribution in [1.82, 2.24) is 10.2 Å². The van der Waals surface area contributed by atoms with Gasteiger partial charge in [-0.15, -0.1) is 0 Å². The Morgan fingerprint density at radius 1 is 1.24 bits per heavy atom. The molecule has 1 heterocycles. The van der Waals surface area contributed by atoms with Crippen LogP contribution in [0.25, 0.3) is 0 Å². The van der Waals surface area contributed by atoms with Crippen LogP contribution < -0.4 is 11.1 Å². The van der Waals surface area contributed by atoms with Crippen molar-refractivity contribution < 1.29 is 9.59 Å². The van der Waals surface area contributed by atoms with Gasteiger partial charge in [0.25, 0.3) is 5.91 Å². The monoisotopic (exact) mass is 289 g/mol. The maximum absolute atomic E-state index is 12.3. The molecular formula is C16H23N3O2. The molecule has 0 spiro atoms. The summed E-state index contributed by atoms with van der Waals surface area (Å²) >= 11 is 0. The third-order valence-corrected chi connectivity index (χ3v) is 4.25. The van der Waals surface area contributed by atoms with Gasteiger partial charge in [0.05, 0.1) is 0 Å². The summed E-state index contributed by atoms with van der Waals surface area (Å²) in [4.78, 5) is 25.5. The van der Waals surface area contributed by atoms with E-state index in [0.29, 0.717) is 6.42 Å². The zero-order chi connectivity index (χ0) is 15.6. The second kappa shape index (κ2) is 5.85. The van der Waals surface area contributed by atoms with E-state index in [9.17, 15) is 9.59 Å². The van der Waals surface area contributed by atoms with E-state index in [1.807, 2.05) is 31.2 Å². The van der Waals surface area contributed by atoms with E-state index in [0.717, 1.165) is 12.0 Å². The van der Waals surface area contributed by atoms with Crippen molar-refractivity contribution in [3.05, 3.63) is 35.4 Å². The van der Waals surface area contributed by atoms with Crippen LogP contribution in [0.15, 0.2) is 24.3 Å². The van der Waals surface area contributed by atoms with Crippen LogP contribution >= 0.6 is 0 Å². The van der Waals surface area contributed by atoms with Crippen molar-refractivity contribution in [2.75, 3.05) is 6.54 Å². The van der Waals surface area contributed by atoms with Gasteiger partial charge >= 0.3 is 6.03 Å². The average molecular weight is 289 g/mol. The number of rotatable bonds is 5. The standard InChI is InChI=1S/C16H23N3O2/c1-4-11-6-8-12(9-7-11)13(17)10-19-14(20)16(3,5-2)18-15(19)21/h6-9,13H,4-5,10,17H2,1-3H3,(H,18,21). The van der Waals surface area contributed by atoms with E-state index in [4.69, 9.17) is 5.73 Å². The summed E-state index contributed by atoms with van der Waals surface area (Å²) in [7, 11) is 0. The van der Waals surface area contributed by atoms with Gasteiger partial charge in [0.1, 0.15) is 5.54 Å². The lowest BCUT2D eigenvalue weighted by Gasteiger charge is -2.21. The zero-order valence-corrected chi connectivity index (χ0v) is 12.8. The Hall–Kier alpha value is -1.88. The number of nitrogens with zero attached hydrogens (tertiary/aromatic N) is 1. The lowest BCUT2D eigenvalue weighted by atomic mass is 9.99. The van der Waals surface area contributed by atoms with Gasteiger partial charge in [0.15, 0.2) is 0 Å². The van der Waals surface area contributed by atoms with Gasteiger partial charge in [-0.05, 0) is 30.9 Å². The van der Waals surface area contributed by atoms with E-state index < -0.39 is 5.54 Å². The van der Waals surface area contributed by atoms with Gasteiger partial charge in [0.2, 0.25) is 0 Å². The van der Waals surface area contributed by atoms with Crippen molar-refractivity contribution in [3.8, 4) is 0 Å². The number of carbonyl (C=O) groups excluding carboxylic acids is 2. The third-order valence-electron chi connectivity index (χ3n) is 4.25. The number of amides is 3. The van der Waals surface area contributed by atoms with E-state index in [-0.39, 0.29) is 24.5 Å². The Morgan fingerprint density at radius 3 is 2.33 bits per heavy atom. The molecule has 5 heteroatoms. The molecule has 2 unspecified atom stereocenters. The van der Waals surface area contributed by atoms with Crippen molar-refractivity contribution >= 4 is 11.9 Å². The molecular weight excluding hydrogens is 266 g/mol. The molecule has 114 valence electrons. The number of hydrogen-bond donors (Lipinski definition) is 2. The number of benzene rings is 1. The molecule has 0 bridgehead atoms. The second-order valence-corrected chi connectivity index (χ2v) is 5.73. The fourth-order valence-corrected chi connectivity index (χ4v) is 2.46. The Morgan fingerprint density at radius 2 is 1.86 bits per heavy atom. The molecule has 0 radical (unpaired) electrons. The highest BCUT2D eigenvalue weighted by Crippen LogP contribution is 2.23. The number of aryl methyl sites for hydroxylation is 1. The maximum Gasteiger partial charge on any atom is 0.325 e. The summed E-state index contributed by atoms with van der Waals surface area (Å²) in [5, 5.41) is 2.74. The molecule has 1 saturated heterocycles. The summed E-state index contributed by atoms with van der Waals surface area (Å²) in [6, 6.07) is 7.24. The molecule has 0 aliphatic carbocycles. The minimum absolute atomic E-state index is 0.198. The SMILES string of the molecule is CCc1ccc(C(N)CN2C(=O)NC(C)(CC)C2=O)cc1. The highest BCUT2D eigenvalue weighted by Gasteiger charge is 2.46. The predicted octanol–water partition coefficient (Wildman–Crippen LogP) is 1.97. The molecule has 2 rings (SSSR count). The first kappa shape index (κ1) is 15.5. The molecule has 3 N–H and O–H groups in total. The van der Waals surface area contributed by atoms with Crippen LogP contribution in [0, 0.1) is 0 Å². The minimum atomic E-state index is -0.803. The molecule has 5 nitrogen and oxygen atoms in total. The van der Waals surface area contributed by atoms with Crippen LogP contribution in [0.1, 0.15) is 44.4 Å². The van der Waals surface area contributed by atoms with Crippen LogP contribution in [0.3, 0.4) is 0 Å². The Balaban J connectivity index is 2.10. The lowest BCUT2D eigenvalue weighted by molar-refractivity contribution is -0.131. The van der Waals surface area contributed by atoms with Crippen LogP contribution in [0.2, 0.25) is 0 Å². The topological polar surface area (TPSA) is 75.4 Å². The number of urea groups is 1. The predicted molar refractivity (Wildman–Crippen MR) is 81.7 cm³/mol. The van der Waals surface area contributed by atoms with Crippen molar-refractivity contribution in [1.29, 1.82) is 0 Å². The molecule has 1 aliphatic heterocycles. The van der Waals surface area contributed by atoms with Gasteiger partial charge < -0.3 is 11.1 Å². The Bertz CT molecular complexity index is 541. The van der Waals surface area contributed by atoms with E-state index in [1.165, 1.54) is 10.5 Å².